The van der Waals surface area contributed by atoms with Gasteiger partial charge in [-0.3, -0.25) is 0 Å². The molecule has 1 atom stereocenters. The van der Waals surface area contributed by atoms with Gasteiger partial charge in [0.1, 0.15) is 0 Å². The van der Waals surface area contributed by atoms with Gasteiger partial charge in [0.2, 0.25) is 0 Å². The molecule has 21 heavy (non-hydrogen) atoms. The zero-order valence-electron chi connectivity index (χ0n) is 11.7. The van der Waals surface area contributed by atoms with Crippen molar-refractivity contribution >= 4 is 40.5 Å². The van der Waals surface area contributed by atoms with Gasteiger partial charge in [0, 0.05) is 33.8 Å². The van der Waals surface area contributed by atoms with Crippen LogP contribution in [-0.4, -0.2) is 29.8 Å². The highest BCUT2D eigenvalue weighted by atomic mass is 32.2. The minimum atomic E-state index is 0.0656. The van der Waals surface area contributed by atoms with Crippen LogP contribution in [0.3, 0.4) is 0 Å². The van der Waals surface area contributed by atoms with Crippen molar-refractivity contribution in [3.05, 3.63) is 44.8 Å². The van der Waals surface area contributed by atoms with Crippen LogP contribution in [0.5, 0.6) is 0 Å². The minimum Gasteiger partial charge on any atom is -0.333 e. The van der Waals surface area contributed by atoms with Gasteiger partial charge in [-0.05, 0) is 29.3 Å². The predicted octanol–water partition coefficient (Wildman–Crippen LogP) is 4.20. The molecule has 2 aromatic heterocycles. The zero-order chi connectivity index (χ0) is 14.5. The van der Waals surface area contributed by atoms with Crippen molar-refractivity contribution in [3.8, 4) is 0 Å². The van der Waals surface area contributed by atoms with Crippen molar-refractivity contribution in [1.29, 1.82) is 0 Å². The average molecular weight is 339 g/mol. The van der Waals surface area contributed by atoms with E-state index >= 15 is 0 Å². The Labute approximate surface area is 137 Å². The number of nitrogens with zero attached hydrogens (tertiary/aromatic N) is 1. The van der Waals surface area contributed by atoms with Gasteiger partial charge in [0.05, 0.1) is 6.54 Å². The number of amides is 2. The van der Waals surface area contributed by atoms with E-state index in [2.05, 4.69) is 28.9 Å². The van der Waals surface area contributed by atoms with Crippen LogP contribution in [-0.2, 0) is 6.54 Å². The fourth-order valence-corrected chi connectivity index (χ4v) is 5.24. The summed E-state index contributed by atoms with van der Waals surface area (Å²) in [7, 11) is 0. The van der Waals surface area contributed by atoms with E-state index in [1.807, 2.05) is 39.4 Å². The van der Waals surface area contributed by atoms with Crippen molar-refractivity contribution in [3.63, 3.8) is 0 Å². The first-order valence-corrected chi connectivity index (χ1v) is 9.84. The normalized spacial score (nSPS) is 19.2. The van der Waals surface area contributed by atoms with Crippen molar-refractivity contribution < 1.29 is 4.79 Å². The first kappa shape index (κ1) is 14.9. The molecule has 0 spiro atoms. The number of nitrogens with one attached hydrogen (secondary N) is 1. The predicted molar refractivity (Wildman–Crippen MR) is 92.3 cm³/mol. The second kappa shape index (κ2) is 7.33. The minimum absolute atomic E-state index is 0.0656. The molecule has 3 heterocycles. The van der Waals surface area contributed by atoms with E-state index < -0.39 is 0 Å². The summed E-state index contributed by atoms with van der Waals surface area (Å²) >= 11 is 5.47. The second-order valence-corrected chi connectivity index (χ2v) is 8.21. The van der Waals surface area contributed by atoms with Gasteiger partial charge >= 0.3 is 6.03 Å². The molecule has 1 aliphatic rings. The lowest BCUT2D eigenvalue weighted by Gasteiger charge is -2.20. The maximum atomic E-state index is 12.3. The van der Waals surface area contributed by atoms with E-state index in [4.69, 9.17) is 0 Å². The third kappa shape index (κ3) is 4.02. The van der Waals surface area contributed by atoms with E-state index in [9.17, 15) is 4.79 Å². The monoisotopic (exact) mass is 338 g/mol. The van der Waals surface area contributed by atoms with E-state index in [0.717, 1.165) is 25.3 Å². The van der Waals surface area contributed by atoms with Crippen LogP contribution in [0.1, 0.15) is 21.4 Å². The molecule has 0 saturated carbocycles. The SMILES string of the molecule is O=C(NCc1cccs1)N1CCS[C@@H](c2cccs2)CC1. The number of rotatable bonds is 3. The lowest BCUT2D eigenvalue weighted by atomic mass is 10.2. The van der Waals surface area contributed by atoms with Gasteiger partial charge in [-0.15, -0.1) is 22.7 Å². The van der Waals surface area contributed by atoms with Crippen molar-refractivity contribution in [2.75, 3.05) is 18.8 Å². The van der Waals surface area contributed by atoms with Crippen molar-refractivity contribution in [2.45, 2.75) is 18.2 Å². The second-order valence-electron chi connectivity index (χ2n) is 4.89. The molecule has 1 saturated heterocycles. The molecule has 1 N–H and O–H groups in total. The van der Waals surface area contributed by atoms with Crippen LogP contribution in [0.4, 0.5) is 4.79 Å². The molecule has 2 aromatic rings. The highest BCUT2D eigenvalue weighted by molar-refractivity contribution is 7.99. The summed E-state index contributed by atoms with van der Waals surface area (Å²) in [6.07, 6.45) is 1.04. The van der Waals surface area contributed by atoms with E-state index in [1.165, 1.54) is 9.75 Å². The molecule has 0 bridgehead atoms. The Hall–Kier alpha value is -0.980. The summed E-state index contributed by atoms with van der Waals surface area (Å²) in [5.41, 5.74) is 0. The molecule has 0 unspecified atom stereocenters. The van der Waals surface area contributed by atoms with Gasteiger partial charge in [-0.1, -0.05) is 12.1 Å². The van der Waals surface area contributed by atoms with Gasteiger partial charge in [0.15, 0.2) is 0 Å². The van der Waals surface area contributed by atoms with Crippen LogP contribution in [0, 0.1) is 0 Å². The van der Waals surface area contributed by atoms with Crippen LogP contribution in [0.25, 0.3) is 0 Å². The van der Waals surface area contributed by atoms with E-state index in [1.54, 1.807) is 11.3 Å². The number of urea groups is 1. The fourth-order valence-electron chi connectivity index (χ4n) is 2.36. The van der Waals surface area contributed by atoms with Gasteiger partial charge in [-0.25, -0.2) is 4.79 Å². The summed E-state index contributed by atoms with van der Waals surface area (Å²) in [4.78, 5) is 16.8. The Balaban J connectivity index is 1.51. The number of thiophene rings is 2. The Morgan fingerprint density at radius 2 is 2.10 bits per heavy atom. The molecule has 3 nitrogen and oxygen atoms in total. The summed E-state index contributed by atoms with van der Waals surface area (Å²) in [6, 6.07) is 8.44. The topological polar surface area (TPSA) is 32.3 Å². The first-order valence-electron chi connectivity index (χ1n) is 7.03. The van der Waals surface area contributed by atoms with Crippen LogP contribution in [0.2, 0.25) is 0 Å². The highest BCUT2D eigenvalue weighted by Gasteiger charge is 2.22. The number of hydrogen-bond acceptors (Lipinski definition) is 4. The quantitative estimate of drug-likeness (QED) is 0.910. The number of carbonyl (C=O) groups is 1. The van der Waals surface area contributed by atoms with Crippen molar-refractivity contribution in [2.24, 2.45) is 0 Å². The van der Waals surface area contributed by atoms with E-state index in [0.29, 0.717) is 11.8 Å². The zero-order valence-corrected chi connectivity index (χ0v) is 14.1. The number of carbonyl (C=O) groups excluding carboxylic acids is 1. The lowest BCUT2D eigenvalue weighted by molar-refractivity contribution is 0.201. The highest BCUT2D eigenvalue weighted by Crippen LogP contribution is 2.36. The van der Waals surface area contributed by atoms with Crippen LogP contribution < -0.4 is 5.32 Å². The summed E-state index contributed by atoms with van der Waals surface area (Å²) in [5.74, 6) is 1.01. The number of hydrogen-bond donors (Lipinski definition) is 1. The van der Waals surface area contributed by atoms with Gasteiger partial charge in [-0.2, -0.15) is 11.8 Å². The van der Waals surface area contributed by atoms with Crippen LogP contribution >= 0.6 is 34.4 Å². The van der Waals surface area contributed by atoms with Gasteiger partial charge < -0.3 is 10.2 Å². The standard InChI is InChI=1S/C15H18N2OS3/c18-15(16-11-12-3-1-8-19-12)17-6-5-14(21-10-7-17)13-4-2-9-20-13/h1-4,8-9,14H,5-7,10-11H2,(H,16,18)/t14-/m1/s1. The summed E-state index contributed by atoms with van der Waals surface area (Å²) < 4.78 is 0. The maximum absolute atomic E-state index is 12.3. The molecule has 0 aromatic carbocycles. The molecule has 0 aliphatic carbocycles. The van der Waals surface area contributed by atoms with Crippen LogP contribution in [0.15, 0.2) is 35.0 Å². The Morgan fingerprint density at radius 3 is 2.86 bits per heavy atom. The molecule has 6 heteroatoms. The molecule has 1 aliphatic heterocycles. The molecular formula is C15H18N2OS3. The molecule has 2 amide bonds. The fraction of sp³-hybridized carbons (Fsp3) is 0.400. The van der Waals surface area contributed by atoms with Crippen molar-refractivity contribution in [1.82, 2.24) is 10.2 Å². The molecule has 3 rings (SSSR count). The average Bonchev–Trinajstić information content (AvgIpc) is 3.15. The Morgan fingerprint density at radius 1 is 1.24 bits per heavy atom. The third-order valence-corrected chi connectivity index (χ3v) is 6.80. The third-order valence-electron chi connectivity index (χ3n) is 3.48. The molecule has 112 valence electrons. The smallest absolute Gasteiger partial charge is 0.317 e. The Kier molecular flexibility index (Phi) is 5.22. The molecular weight excluding hydrogens is 320 g/mol. The lowest BCUT2D eigenvalue weighted by Crippen LogP contribution is -2.40. The molecule has 0 radical (unpaired) electrons. The summed E-state index contributed by atoms with van der Waals surface area (Å²) in [6.45, 7) is 2.31. The first-order chi connectivity index (χ1) is 10.3. The maximum Gasteiger partial charge on any atom is 0.317 e. The molecule has 1 fully saturated rings. The number of thioether (sulfide) groups is 1. The summed E-state index contributed by atoms with van der Waals surface area (Å²) in [5, 5.41) is 7.73. The largest absolute Gasteiger partial charge is 0.333 e. The Bertz CT molecular complexity index is 554. The van der Waals surface area contributed by atoms with Gasteiger partial charge in [0.25, 0.3) is 0 Å². The van der Waals surface area contributed by atoms with E-state index in [-0.39, 0.29) is 6.03 Å².